The van der Waals surface area contributed by atoms with Crippen LogP contribution >= 0.6 is 0 Å². The first-order valence-electron chi connectivity index (χ1n) is 7.27. The van der Waals surface area contributed by atoms with Crippen molar-refractivity contribution in [1.29, 1.82) is 0 Å². The summed E-state index contributed by atoms with van der Waals surface area (Å²) in [6.07, 6.45) is 5.71. The van der Waals surface area contributed by atoms with Crippen molar-refractivity contribution in [1.82, 2.24) is 15.6 Å². The Morgan fingerprint density at radius 3 is 2.75 bits per heavy atom. The van der Waals surface area contributed by atoms with Crippen LogP contribution in [-0.2, 0) is 6.42 Å². The number of carbonyl (C=O) groups excluding carboxylic acids is 1. The van der Waals surface area contributed by atoms with E-state index in [2.05, 4.69) is 15.6 Å². The zero-order chi connectivity index (χ0) is 14.4. The number of rotatable bonds is 4. The second-order valence-corrected chi connectivity index (χ2v) is 5.46. The molecule has 1 aliphatic rings. The van der Waals surface area contributed by atoms with Gasteiger partial charge in [0.1, 0.15) is 0 Å². The summed E-state index contributed by atoms with van der Waals surface area (Å²) < 4.78 is 0. The number of pyridine rings is 1. The van der Waals surface area contributed by atoms with Gasteiger partial charge in [-0.15, -0.1) is 0 Å². The first-order chi connectivity index (χ1) is 9.63. The summed E-state index contributed by atoms with van der Waals surface area (Å²) in [6.45, 7) is 2.56. The maximum Gasteiger partial charge on any atom is 0.315 e. The molecule has 2 amide bonds. The monoisotopic (exact) mass is 277 g/mol. The molecule has 0 unspecified atom stereocenters. The molecule has 5 heteroatoms. The van der Waals surface area contributed by atoms with Crippen LogP contribution in [0.3, 0.4) is 0 Å². The molecule has 1 aliphatic carbocycles. The van der Waals surface area contributed by atoms with Gasteiger partial charge in [-0.05, 0) is 50.7 Å². The molecule has 0 spiro atoms. The highest BCUT2D eigenvalue weighted by atomic mass is 16.3. The molecule has 2 rings (SSSR count). The van der Waals surface area contributed by atoms with Crippen LogP contribution in [0.2, 0.25) is 0 Å². The molecule has 0 atom stereocenters. The molecule has 1 fully saturated rings. The Morgan fingerprint density at radius 1 is 1.35 bits per heavy atom. The lowest BCUT2D eigenvalue weighted by Gasteiger charge is -2.26. The topological polar surface area (TPSA) is 74.2 Å². The van der Waals surface area contributed by atoms with Gasteiger partial charge in [0.15, 0.2) is 0 Å². The Labute approximate surface area is 119 Å². The van der Waals surface area contributed by atoms with E-state index in [1.165, 1.54) is 0 Å². The minimum atomic E-state index is -0.190. The van der Waals surface area contributed by atoms with E-state index in [1.807, 2.05) is 25.3 Å². The molecule has 0 saturated heterocycles. The number of aryl methyl sites for hydroxylation is 1. The van der Waals surface area contributed by atoms with Crippen LogP contribution in [0, 0.1) is 6.92 Å². The fourth-order valence-corrected chi connectivity index (χ4v) is 2.42. The van der Waals surface area contributed by atoms with Crippen LogP contribution in [0.5, 0.6) is 0 Å². The van der Waals surface area contributed by atoms with E-state index in [4.69, 9.17) is 0 Å². The molecule has 0 aromatic carbocycles. The average Bonchev–Trinajstić information content (AvgIpc) is 2.44. The lowest BCUT2D eigenvalue weighted by atomic mass is 9.93. The zero-order valence-corrected chi connectivity index (χ0v) is 11.9. The number of carbonyl (C=O) groups is 1. The minimum absolute atomic E-state index is 0.119. The number of aliphatic hydroxyl groups is 1. The summed E-state index contributed by atoms with van der Waals surface area (Å²) in [7, 11) is 0. The standard InChI is InChI=1S/C15H23N3O2/c1-11-2-3-12(10-17-11)8-9-16-15(20)18-13-4-6-14(19)7-5-13/h2-3,10,13-14,19H,4-9H2,1H3,(H2,16,18,20). The lowest BCUT2D eigenvalue weighted by molar-refractivity contribution is 0.117. The quantitative estimate of drug-likeness (QED) is 0.781. The van der Waals surface area contributed by atoms with Crippen LogP contribution in [0.4, 0.5) is 4.79 Å². The van der Waals surface area contributed by atoms with E-state index in [0.29, 0.717) is 6.54 Å². The van der Waals surface area contributed by atoms with Gasteiger partial charge in [0, 0.05) is 24.5 Å². The van der Waals surface area contributed by atoms with Crippen molar-refractivity contribution in [2.24, 2.45) is 0 Å². The SMILES string of the molecule is Cc1ccc(CCNC(=O)NC2CCC(O)CC2)cn1. The van der Waals surface area contributed by atoms with Crippen LogP contribution in [0.15, 0.2) is 18.3 Å². The van der Waals surface area contributed by atoms with E-state index < -0.39 is 0 Å². The molecule has 0 bridgehead atoms. The van der Waals surface area contributed by atoms with Gasteiger partial charge in [-0.25, -0.2) is 4.79 Å². The molecule has 1 saturated carbocycles. The number of urea groups is 1. The average molecular weight is 277 g/mol. The molecule has 0 aliphatic heterocycles. The third-order valence-electron chi connectivity index (χ3n) is 3.70. The van der Waals surface area contributed by atoms with Crippen molar-refractivity contribution in [3.05, 3.63) is 29.6 Å². The van der Waals surface area contributed by atoms with Gasteiger partial charge in [-0.3, -0.25) is 4.98 Å². The molecular formula is C15H23N3O2. The third kappa shape index (κ3) is 4.81. The van der Waals surface area contributed by atoms with Gasteiger partial charge < -0.3 is 15.7 Å². The third-order valence-corrected chi connectivity index (χ3v) is 3.70. The molecular weight excluding hydrogens is 254 g/mol. The number of nitrogens with one attached hydrogen (secondary N) is 2. The van der Waals surface area contributed by atoms with Gasteiger partial charge in [0.25, 0.3) is 0 Å². The summed E-state index contributed by atoms with van der Waals surface area (Å²) in [5, 5.41) is 15.2. The fourth-order valence-electron chi connectivity index (χ4n) is 2.42. The van der Waals surface area contributed by atoms with Crippen molar-refractivity contribution in [3.63, 3.8) is 0 Å². The molecule has 1 heterocycles. The summed E-state index contributed by atoms with van der Waals surface area (Å²) in [6, 6.07) is 4.08. The van der Waals surface area contributed by atoms with Gasteiger partial charge >= 0.3 is 6.03 Å². The number of aliphatic hydroxyl groups excluding tert-OH is 1. The highest BCUT2D eigenvalue weighted by molar-refractivity contribution is 5.74. The van der Waals surface area contributed by atoms with Crippen LogP contribution < -0.4 is 10.6 Å². The van der Waals surface area contributed by atoms with E-state index in [0.717, 1.165) is 43.4 Å². The van der Waals surface area contributed by atoms with Crippen molar-refractivity contribution in [3.8, 4) is 0 Å². The number of hydrogen-bond acceptors (Lipinski definition) is 3. The fraction of sp³-hybridized carbons (Fsp3) is 0.600. The molecule has 3 N–H and O–H groups in total. The van der Waals surface area contributed by atoms with Crippen LogP contribution in [0.25, 0.3) is 0 Å². The molecule has 5 nitrogen and oxygen atoms in total. The predicted molar refractivity (Wildman–Crippen MR) is 77.5 cm³/mol. The highest BCUT2D eigenvalue weighted by Crippen LogP contribution is 2.17. The summed E-state index contributed by atoms with van der Waals surface area (Å²) in [4.78, 5) is 16.0. The van der Waals surface area contributed by atoms with Crippen molar-refractivity contribution >= 4 is 6.03 Å². The van der Waals surface area contributed by atoms with E-state index >= 15 is 0 Å². The van der Waals surface area contributed by atoms with Crippen molar-refractivity contribution in [2.45, 2.75) is 51.2 Å². The molecule has 1 aromatic heterocycles. The van der Waals surface area contributed by atoms with Crippen molar-refractivity contribution < 1.29 is 9.90 Å². The Kier molecular flexibility index (Phi) is 5.35. The molecule has 0 radical (unpaired) electrons. The first kappa shape index (κ1) is 14.8. The number of nitrogens with zero attached hydrogens (tertiary/aromatic N) is 1. The lowest BCUT2D eigenvalue weighted by Crippen LogP contribution is -2.44. The summed E-state index contributed by atoms with van der Waals surface area (Å²) >= 11 is 0. The maximum atomic E-state index is 11.7. The Balaban J connectivity index is 1.64. The van der Waals surface area contributed by atoms with Gasteiger partial charge in [0.05, 0.1) is 6.10 Å². The van der Waals surface area contributed by atoms with Gasteiger partial charge in [-0.2, -0.15) is 0 Å². The second kappa shape index (κ2) is 7.24. The molecule has 1 aromatic rings. The van der Waals surface area contributed by atoms with Gasteiger partial charge in [0.2, 0.25) is 0 Å². The Bertz CT molecular complexity index is 425. The number of hydrogen-bond donors (Lipinski definition) is 3. The molecule has 20 heavy (non-hydrogen) atoms. The number of amides is 2. The summed E-state index contributed by atoms with van der Waals surface area (Å²) in [5.41, 5.74) is 2.12. The predicted octanol–water partition coefficient (Wildman–Crippen LogP) is 1.54. The minimum Gasteiger partial charge on any atom is -0.393 e. The van der Waals surface area contributed by atoms with Crippen LogP contribution in [-0.4, -0.2) is 34.8 Å². The second-order valence-electron chi connectivity index (χ2n) is 5.46. The van der Waals surface area contributed by atoms with E-state index in [1.54, 1.807) is 0 Å². The Hall–Kier alpha value is -1.62. The maximum absolute atomic E-state index is 11.7. The van der Waals surface area contributed by atoms with E-state index in [9.17, 15) is 9.90 Å². The first-order valence-corrected chi connectivity index (χ1v) is 7.27. The largest absolute Gasteiger partial charge is 0.393 e. The summed E-state index contributed by atoms with van der Waals surface area (Å²) in [5.74, 6) is 0. The van der Waals surface area contributed by atoms with E-state index in [-0.39, 0.29) is 18.2 Å². The normalized spacial score (nSPS) is 22.3. The smallest absolute Gasteiger partial charge is 0.315 e. The van der Waals surface area contributed by atoms with Gasteiger partial charge in [-0.1, -0.05) is 6.07 Å². The molecule has 110 valence electrons. The number of aromatic nitrogens is 1. The Morgan fingerprint density at radius 2 is 2.10 bits per heavy atom. The van der Waals surface area contributed by atoms with Crippen LogP contribution in [0.1, 0.15) is 36.9 Å². The zero-order valence-electron chi connectivity index (χ0n) is 11.9. The highest BCUT2D eigenvalue weighted by Gasteiger charge is 2.20. The van der Waals surface area contributed by atoms with Crippen molar-refractivity contribution in [2.75, 3.05) is 6.54 Å².